The van der Waals surface area contributed by atoms with Crippen molar-refractivity contribution in [3.05, 3.63) is 74.3 Å². The Hall–Kier alpha value is -3.24. The van der Waals surface area contributed by atoms with Crippen molar-refractivity contribution in [3.8, 4) is 0 Å². The maximum absolute atomic E-state index is 12.4. The zero-order valence-corrected chi connectivity index (χ0v) is 18.6. The molecular weight excluding hydrogens is 460 g/mol. The van der Waals surface area contributed by atoms with E-state index in [1.165, 1.54) is 34.6 Å². The van der Waals surface area contributed by atoms with Crippen LogP contribution in [0.3, 0.4) is 0 Å². The molecule has 32 heavy (non-hydrogen) atoms. The molecule has 2 aromatic carbocycles. The van der Waals surface area contributed by atoms with Crippen LogP contribution in [0.25, 0.3) is 6.08 Å². The molecular formula is C21H19ClN2O7S. The predicted octanol–water partition coefficient (Wildman–Crippen LogP) is 3.40. The minimum atomic E-state index is -3.38. The summed E-state index contributed by atoms with van der Waals surface area (Å²) in [6, 6.07) is 8.74. The molecule has 9 nitrogen and oxygen atoms in total. The molecule has 0 bridgehead atoms. The van der Waals surface area contributed by atoms with Gasteiger partial charge in [0.05, 0.1) is 16.4 Å². The van der Waals surface area contributed by atoms with E-state index >= 15 is 0 Å². The van der Waals surface area contributed by atoms with Crippen molar-refractivity contribution in [3.63, 3.8) is 0 Å². The molecule has 11 heteroatoms. The minimum Gasteiger partial charge on any atom is -0.454 e. The van der Waals surface area contributed by atoms with Crippen molar-refractivity contribution in [2.45, 2.75) is 13.3 Å². The number of esters is 1. The number of hydrogen-bond donors (Lipinski definition) is 0. The molecule has 0 aliphatic carbocycles. The monoisotopic (exact) mass is 478 g/mol. The Kier molecular flexibility index (Phi) is 6.95. The molecule has 0 saturated carbocycles. The average Bonchev–Trinajstić information content (AvgIpc) is 3.20. The fourth-order valence-corrected chi connectivity index (χ4v) is 4.54. The number of sulfonamides is 1. The summed E-state index contributed by atoms with van der Waals surface area (Å²) >= 11 is 5.74. The van der Waals surface area contributed by atoms with Crippen molar-refractivity contribution >= 4 is 50.8 Å². The van der Waals surface area contributed by atoms with Gasteiger partial charge in [-0.25, -0.2) is 13.2 Å². The van der Waals surface area contributed by atoms with Crippen molar-refractivity contribution < 1.29 is 27.7 Å². The molecule has 168 valence electrons. The molecule has 0 atom stereocenters. The van der Waals surface area contributed by atoms with Gasteiger partial charge in [0.25, 0.3) is 5.69 Å². The quantitative estimate of drug-likeness (QED) is 0.187. The molecule has 0 radical (unpaired) electrons. The number of fused-ring (bicyclic) bond motifs is 1. The number of hydrogen-bond acceptors (Lipinski definition) is 7. The van der Waals surface area contributed by atoms with E-state index in [-0.39, 0.29) is 16.5 Å². The van der Waals surface area contributed by atoms with Gasteiger partial charge >= 0.3 is 5.97 Å². The number of nitrogens with zero attached hydrogens (tertiary/aromatic N) is 2. The SMILES string of the molecule is CCS(=O)(=O)N1CCc2cc(C(=O)COC(=O)/C=C/c3ccc(Cl)c([N+](=O)[O-])c3)ccc21. The summed E-state index contributed by atoms with van der Waals surface area (Å²) in [5.41, 5.74) is 1.68. The zero-order chi connectivity index (χ0) is 23.5. The molecule has 0 amide bonds. The predicted molar refractivity (Wildman–Crippen MR) is 119 cm³/mol. The van der Waals surface area contributed by atoms with E-state index in [4.69, 9.17) is 16.3 Å². The lowest BCUT2D eigenvalue weighted by Gasteiger charge is -2.18. The Morgan fingerprint density at radius 2 is 2.00 bits per heavy atom. The summed E-state index contributed by atoms with van der Waals surface area (Å²) in [6.07, 6.45) is 2.86. The van der Waals surface area contributed by atoms with E-state index in [1.807, 2.05) is 0 Å². The average molecular weight is 479 g/mol. The summed E-state index contributed by atoms with van der Waals surface area (Å²) in [5.74, 6) is -1.24. The summed E-state index contributed by atoms with van der Waals surface area (Å²) < 4.78 is 30.6. The van der Waals surface area contributed by atoms with Gasteiger partial charge in [0.2, 0.25) is 10.0 Å². The lowest BCUT2D eigenvalue weighted by molar-refractivity contribution is -0.384. The van der Waals surface area contributed by atoms with Crippen LogP contribution < -0.4 is 4.31 Å². The van der Waals surface area contributed by atoms with Crippen LogP contribution >= 0.6 is 11.6 Å². The number of nitro benzene ring substituents is 1. The largest absolute Gasteiger partial charge is 0.454 e. The fourth-order valence-electron chi connectivity index (χ4n) is 3.20. The van der Waals surface area contributed by atoms with Gasteiger partial charge in [-0.1, -0.05) is 17.7 Å². The normalized spacial score (nSPS) is 13.2. The highest BCUT2D eigenvalue weighted by molar-refractivity contribution is 7.92. The third-order valence-electron chi connectivity index (χ3n) is 4.88. The van der Waals surface area contributed by atoms with Crippen molar-refractivity contribution in [1.29, 1.82) is 0 Å². The van der Waals surface area contributed by atoms with Crippen LogP contribution in [0.5, 0.6) is 0 Å². The smallest absolute Gasteiger partial charge is 0.331 e. The molecule has 0 unspecified atom stereocenters. The Balaban J connectivity index is 1.62. The number of carbonyl (C=O) groups excluding carboxylic acids is 2. The standard InChI is InChI=1S/C21H19ClN2O7S/c1-2-32(29,30)23-10-9-15-12-16(5-7-18(15)23)20(25)13-31-21(26)8-4-14-3-6-17(22)19(11-14)24(27)28/h3-8,11-12H,2,9-10,13H2,1H3/b8-4+. The second-order valence-corrected chi connectivity index (χ2v) is 9.49. The number of benzene rings is 2. The number of ketones is 1. The second-order valence-electron chi connectivity index (χ2n) is 6.90. The molecule has 0 saturated heterocycles. The lowest BCUT2D eigenvalue weighted by Crippen LogP contribution is -2.30. The highest BCUT2D eigenvalue weighted by Crippen LogP contribution is 2.31. The molecule has 1 aliphatic rings. The zero-order valence-electron chi connectivity index (χ0n) is 17.0. The van der Waals surface area contributed by atoms with Crippen LogP contribution in [0.15, 0.2) is 42.5 Å². The molecule has 0 fully saturated rings. The van der Waals surface area contributed by atoms with Crippen LogP contribution in [-0.4, -0.2) is 44.0 Å². The summed E-state index contributed by atoms with van der Waals surface area (Å²) in [7, 11) is -3.38. The number of halogens is 1. The van der Waals surface area contributed by atoms with Gasteiger partial charge < -0.3 is 4.74 Å². The Morgan fingerprint density at radius 1 is 1.25 bits per heavy atom. The van der Waals surface area contributed by atoms with Crippen molar-refractivity contribution in [1.82, 2.24) is 0 Å². The van der Waals surface area contributed by atoms with Crippen LogP contribution in [0.4, 0.5) is 11.4 Å². The fraction of sp³-hybridized carbons (Fsp3) is 0.238. The lowest BCUT2D eigenvalue weighted by atomic mass is 10.1. The molecule has 0 aromatic heterocycles. The van der Waals surface area contributed by atoms with E-state index in [1.54, 1.807) is 19.1 Å². The first-order chi connectivity index (χ1) is 15.1. The minimum absolute atomic E-state index is 0.0139. The highest BCUT2D eigenvalue weighted by atomic mass is 35.5. The number of ether oxygens (including phenoxy) is 1. The maximum Gasteiger partial charge on any atom is 0.331 e. The van der Waals surface area contributed by atoms with Gasteiger partial charge in [-0.3, -0.25) is 19.2 Å². The number of carbonyl (C=O) groups is 2. The molecule has 1 aliphatic heterocycles. The Labute approximate surface area is 189 Å². The third-order valence-corrected chi connectivity index (χ3v) is 6.98. The van der Waals surface area contributed by atoms with Crippen molar-refractivity contribution in [2.75, 3.05) is 23.2 Å². The van der Waals surface area contributed by atoms with Gasteiger partial charge in [0.15, 0.2) is 12.4 Å². The first-order valence-corrected chi connectivity index (χ1v) is 11.6. The number of rotatable bonds is 8. The van der Waals surface area contributed by atoms with E-state index in [2.05, 4.69) is 0 Å². The van der Waals surface area contributed by atoms with Crippen LogP contribution in [0.1, 0.15) is 28.4 Å². The summed E-state index contributed by atoms with van der Waals surface area (Å²) in [6.45, 7) is 1.40. The van der Waals surface area contributed by atoms with Crippen LogP contribution in [0.2, 0.25) is 5.02 Å². The number of nitro groups is 1. The molecule has 0 N–H and O–H groups in total. The Bertz CT molecular complexity index is 1220. The van der Waals surface area contributed by atoms with E-state index in [9.17, 15) is 28.1 Å². The molecule has 2 aromatic rings. The molecule has 0 spiro atoms. The third kappa shape index (κ3) is 5.14. The van der Waals surface area contributed by atoms with Gasteiger partial charge in [0, 0.05) is 24.3 Å². The van der Waals surface area contributed by atoms with E-state index in [0.717, 1.165) is 11.6 Å². The topological polar surface area (TPSA) is 124 Å². The second kappa shape index (κ2) is 9.49. The molecule has 3 rings (SSSR count). The molecule has 1 heterocycles. The van der Waals surface area contributed by atoms with E-state index in [0.29, 0.717) is 29.8 Å². The van der Waals surface area contributed by atoms with Gasteiger partial charge in [-0.2, -0.15) is 0 Å². The van der Waals surface area contributed by atoms with Crippen molar-refractivity contribution in [2.24, 2.45) is 0 Å². The highest BCUT2D eigenvalue weighted by Gasteiger charge is 2.28. The first kappa shape index (κ1) is 23.4. The van der Waals surface area contributed by atoms with Gasteiger partial charge in [-0.15, -0.1) is 0 Å². The van der Waals surface area contributed by atoms with Crippen LogP contribution in [0, 0.1) is 10.1 Å². The maximum atomic E-state index is 12.4. The van der Waals surface area contributed by atoms with Gasteiger partial charge in [-0.05, 0) is 54.8 Å². The Morgan fingerprint density at radius 3 is 2.69 bits per heavy atom. The van der Waals surface area contributed by atoms with Gasteiger partial charge in [0.1, 0.15) is 5.02 Å². The summed E-state index contributed by atoms with van der Waals surface area (Å²) in [5, 5.41) is 10.9. The summed E-state index contributed by atoms with van der Waals surface area (Å²) in [4.78, 5) is 34.6. The van der Waals surface area contributed by atoms with Crippen LogP contribution in [-0.2, 0) is 26.0 Å². The van der Waals surface area contributed by atoms with E-state index < -0.39 is 33.3 Å². The number of Topliss-reactive ketones (excluding diaryl/α,β-unsaturated/α-hetero) is 1. The number of anilines is 1. The first-order valence-electron chi connectivity index (χ1n) is 9.57.